The van der Waals surface area contributed by atoms with Crippen molar-refractivity contribution in [2.75, 3.05) is 5.32 Å². The van der Waals surface area contributed by atoms with Gasteiger partial charge in [0.2, 0.25) is 0 Å². The van der Waals surface area contributed by atoms with Gasteiger partial charge in [-0.3, -0.25) is 0 Å². The summed E-state index contributed by atoms with van der Waals surface area (Å²) in [5.74, 6) is -0.403. The Morgan fingerprint density at radius 2 is 1.88 bits per heavy atom. The van der Waals surface area contributed by atoms with E-state index in [1.54, 1.807) is 12.1 Å². The lowest BCUT2D eigenvalue weighted by Crippen LogP contribution is -2.01. The van der Waals surface area contributed by atoms with Crippen LogP contribution in [-0.2, 0) is 6.54 Å². The zero-order chi connectivity index (χ0) is 12.1. The lowest BCUT2D eigenvalue weighted by molar-refractivity contribution is 0.629. The summed E-state index contributed by atoms with van der Waals surface area (Å²) in [4.78, 5) is 0. The molecule has 0 unspecified atom stereocenters. The van der Waals surface area contributed by atoms with Gasteiger partial charge in [-0.1, -0.05) is 30.3 Å². The Labute approximate surface area is 99.3 Å². The van der Waals surface area contributed by atoms with Crippen molar-refractivity contribution in [2.45, 2.75) is 6.54 Å². The highest BCUT2D eigenvalue weighted by Crippen LogP contribution is 2.16. The predicted molar refractivity (Wildman–Crippen MR) is 64.9 cm³/mol. The average molecular weight is 226 g/mol. The van der Waals surface area contributed by atoms with Gasteiger partial charge in [0.15, 0.2) is 0 Å². The summed E-state index contributed by atoms with van der Waals surface area (Å²) >= 11 is 0. The second kappa shape index (κ2) is 5.13. The van der Waals surface area contributed by atoms with E-state index in [4.69, 9.17) is 5.26 Å². The van der Waals surface area contributed by atoms with Gasteiger partial charge < -0.3 is 5.32 Å². The van der Waals surface area contributed by atoms with E-state index in [1.165, 1.54) is 6.07 Å². The normalized spacial score (nSPS) is 9.65. The van der Waals surface area contributed by atoms with Gasteiger partial charge in [-0.25, -0.2) is 4.39 Å². The monoisotopic (exact) mass is 226 g/mol. The van der Waals surface area contributed by atoms with Crippen molar-refractivity contribution in [2.24, 2.45) is 0 Å². The van der Waals surface area contributed by atoms with Crippen LogP contribution in [0.15, 0.2) is 48.5 Å². The molecule has 0 atom stereocenters. The molecule has 0 bridgehead atoms. The molecule has 84 valence electrons. The summed E-state index contributed by atoms with van der Waals surface area (Å²) in [5.41, 5.74) is 1.82. The molecule has 0 radical (unpaired) electrons. The number of hydrogen-bond donors (Lipinski definition) is 1. The first-order chi connectivity index (χ1) is 8.29. The molecule has 2 nitrogen and oxygen atoms in total. The Balaban J connectivity index is 2.08. The van der Waals surface area contributed by atoms with E-state index in [1.807, 2.05) is 36.4 Å². The molecule has 17 heavy (non-hydrogen) atoms. The highest BCUT2D eigenvalue weighted by Gasteiger charge is 2.02. The fourth-order valence-corrected chi connectivity index (χ4v) is 1.52. The van der Waals surface area contributed by atoms with Gasteiger partial charge in [0.1, 0.15) is 5.82 Å². The van der Waals surface area contributed by atoms with Crippen LogP contribution < -0.4 is 5.32 Å². The van der Waals surface area contributed by atoms with Crippen LogP contribution in [0, 0.1) is 17.1 Å². The van der Waals surface area contributed by atoms with Gasteiger partial charge >= 0.3 is 0 Å². The topological polar surface area (TPSA) is 35.8 Å². The first-order valence-corrected chi connectivity index (χ1v) is 5.27. The molecule has 2 rings (SSSR count). The summed E-state index contributed by atoms with van der Waals surface area (Å²) in [6.45, 7) is 0.559. The van der Waals surface area contributed by atoms with Crippen LogP contribution in [0.3, 0.4) is 0 Å². The zero-order valence-electron chi connectivity index (χ0n) is 9.15. The Hall–Kier alpha value is -2.34. The van der Waals surface area contributed by atoms with E-state index in [2.05, 4.69) is 5.32 Å². The van der Waals surface area contributed by atoms with Crippen molar-refractivity contribution in [1.29, 1.82) is 5.26 Å². The quantitative estimate of drug-likeness (QED) is 0.871. The van der Waals surface area contributed by atoms with Crippen LogP contribution >= 0.6 is 0 Å². The molecule has 0 spiro atoms. The highest BCUT2D eigenvalue weighted by molar-refractivity contribution is 5.49. The molecule has 1 N–H and O–H groups in total. The Morgan fingerprint density at radius 1 is 1.12 bits per heavy atom. The van der Waals surface area contributed by atoms with Gasteiger partial charge in [0, 0.05) is 6.54 Å². The molecule has 0 aliphatic heterocycles. The maximum atomic E-state index is 13.5. The molecule has 0 fully saturated rings. The Bertz CT molecular complexity index is 544. The molecule has 3 heteroatoms. The van der Waals surface area contributed by atoms with Crippen molar-refractivity contribution in [1.82, 2.24) is 0 Å². The number of nitriles is 1. The van der Waals surface area contributed by atoms with Crippen molar-refractivity contribution < 1.29 is 4.39 Å². The van der Waals surface area contributed by atoms with E-state index in [0.29, 0.717) is 17.8 Å². The number of nitrogens with zero attached hydrogens (tertiary/aromatic N) is 1. The van der Waals surface area contributed by atoms with Crippen molar-refractivity contribution in [3.8, 4) is 6.07 Å². The van der Waals surface area contributed by atoms with Gasteiger partial charge in [-0.05, 0) is 23.8 Å². The molecular formula is C14H11FN2. The van der Waals surface area contributed by atoms with Crippen LogP contribution in [0.1, 0.15) is 11.1 Å². The van der Waals surface area contributed by atoms with E-state index in [-0.39, 0.29) is 0 Å². The lowest BCUT2D eigenvalue weighted by atomic mass is 10.2. The molecule has 0 aromatic heterocycles. The zero-order valence-corrected chi connectivity index (χ0v) is 9.15. The third-order valence-corrected chi connectivity index (χ3v) is 2.42. The van der Waals surface area contributed by atoms with E-state index in [0.717, 1.165) is 5.56 Å². The highest BCUT2D eigenvalue weighted by atomic mass is 19.1. The molecule has 0 aliphatic carbocycles. The van der Waals surface area contributed by atoms with E-state index < -0.39 is 5.82 Å². The first kappa shape index (κ1) is 11.2. The molecule has 0 heterocycles. The second-order valence-corrected chi connectivity index (χ2v) is 3.65. The predicted octanol–water partition coefficient (Wildman–Crippen LogP) is 3.31. The third-order valence-electron chi connectivity index (χ3n) is 2.42. The summed E-state index contributed by atoms with van der Waals surface area (Å²) in [6.07, 6.45) is 0. The third kappa shape index (κ3) is 2.82. The molecule has 2 aromatic carbocycles. The first-order valence-electron chi connectivity index (χ1n) is 5.27. The maximum Gasteiger partial charge on any atom is 0.147 e. The standard InChI is InChI=1S/C14H11FN2/c15-13-8-12(9-16)6-7-14(13)17-10-11-4-2-1-3-5-11/h1-8,17H,10H2. The van der Waals surface area contributed by atoms with E-state index in [9.17, 15) is 4.39 Å². The summed E-state index contributed by atoms with van der Waals surface area (Å²) in [5, 5.41) is 11.6. The van der Waals surface area contributed by atoms with Crippen molar-refractivity contribution in [3.05, 3.63) is 65.5 Å². The van der Waals surface area contributed by atoms with Crippen molar-refractivity contribution in [3.63, 3.8) is 0 Å². The molecule has 0 aliphatic rings. The molecule has 0 saturated carbocycles. The number of halogens is 1. The van der Waals surface area contributed by atoms with Crippen LogP contribution in [-0.4, -0.2) is 0 Å². The molecular weight excluding hydrogens is 215 g/mol. The van der Waals surface area contributed by atoms with Crippen LogP contribution in [0.25, 0.3) is 0 Å². The summed E-state index contributed by atoms with van der Waals surface area (Å²) in [6, 6.07) is 16.0. The van der Waals surface area contributed by atoms with E-state index >= 15 is 0 Å². The number of hydrogen-bond acceptors (Lipinski definition) is 2. The largest absolute Gasteiger partial charge is 0.379 e. The smallest absolute Gasteiger partial charge is 0.147 e. The molecule has 2 aromatic rings. The lowest BCUT2D eigenvalue weighted by Gasteiger charge is -2.07. The van der Waals surface area contributed by atoms with Gasteiger partial charge in [0.25, 0.3) is 0 Å². The SMILES string of the molecule is N#Cc1ccc(NCc2ccccc2)c(F)c1. The molecule has 0 amide bonds. The fourth-order valence-electron chi connectivity index (χ4n) is 1.52. The number of anilines is 1. The molecule has 0 saturated heterocycles. The number of rotatable bonds is 3. The average Bonchev–Trinajstić information content (AvgIpc) is 2.38. The minimum Gasteiger partial charge on any atom is -0.379 e. The number of nitrogens with one attached hydrogen (secondary N) is 1. The fraction of sp³-hybridized carbons (Fsp3) is 0.0714. The summed E-state index contributed by atoms with van der Waals surface area (Å²) < 4.78 is 13.5. The Morgan fingerprint density at radius 3 is 2.53 bits per heavy atom. The minimum absolute atomic E-state index is 0.327. The van der Waals surface area contributed by atoms with Gasteiger partial charge in [-0.2, -0.15) is 5.26 Å². The maximum absolute atomic E-state index is 13.5. The summed E-state index contributed by atoms with van der Waals surface area (Å²) in [7, 11) is 0. The van der Waals surface area contributed by atoms with Gasteiger partial charge in [0.05, 0.1) is 17.3 Å². The van der Waals surface area contributed by atoms with Crippen LogP contribution in [0.4, 0.5) is 10.1 Å². The van der Waals surface area contributed by atoms with Crippen LogP contribution in [0.5, 0.6) is 0 Å². The number of benzene rings is 2. The van der Waals surface area contributed by atoms with Crippen molar-refractivity contribution >= 4 is 5.69 Å². The minimum atomic E-state index is -0.403. The Kier molecular flexibility index (Phi) is 3.37. The second-order valence-electron chi connectivity index (χ2n) is 3.65. The van der Waals surface area contributed by atoms with Crippen LogP contribution in [0.2, 0.25) is 0 Å². The van der Waals surface area contributed by atoms with Gasteiger partial charge in [-0.15, -0.1) is 0 Å².